The van der Waals surface area contributed by atoms with Crippen molar-refractivity contribution < 1.29 is 8.83 Å². The summed E-state index contributed by atoms with van der Waals surface area (Å²) in [6, 6.07) is 53.6. The van der Waals surface area contributed by atoms with Gasteiger partial charge in [0.1, 0.15) is 16.7 Å². The zero-order valence-corrected chi connectivity index (χ0v) is 28.0. The average molecular weight is 668 g/mol. The van der Waals surface area contributed by atoms with Gasteiger partial charge in [-0.05, 0) is 77.4 Å². The van der Waals surface area contributed by atoms with Crippen LogP contribution in [0.4, 0.5) is 11.4 Å². The highest BCUT2D eigenvalue weighted by atomic mass is 16.3. The Morgan fingerprint density at radius 2 is 1.38 bits per heavy atom. The fraction of sp³-hybridized carbons (Fsp3) is 0.0426. The molecule has 1 atom stereocenters. The van der Waals surface area contributed by atoms with Crippen LogP contribution in [0.25, 0.3) is 83.6 Å². The number of nitrogens with zero attached hydrogens (tertiary/aromatic N) is 3. The molecule has 0 N–H and O–H groups in total. The topological polar surface area (TPSA) is 47.3 Å². The lowest BCUT2D eigenvalue weighted by Gasteiger charge is -2.25. The molecule has 1 aliphatic carbocycles. The molecule has 0 spiro atoms. The predicted octanol–water partition coefficient (Wildman–Crippen LogP) is 10.7. The van der Waals surface area contributed by atoms with Crippen LogP contribution in [0.2, 0.25) is 0 Å². The molecule has 5 nitrogen and oxygen atoms in total. The van der Waals surface area contributed by atoms with Gasteiger partial charge < -0.3 is 18.3 Å². The van der Waals surface area contributed by atoms with Gasteiger partial charge in [-0.3, -0.25) is 0 Å². The van der Waals surface area contributed by atoms with E-state index in [9.17, 15) is 0 Å². The Bertz CT molecular complexity index is 3210. The maximum absolute atomic E-state index is 6.81. The van der Waals surface area contributed by atoms with Crippen molar-refractivity contribution in [2.75, 3.05) is 4.90 Å². The van der Waals surface area contributed by atoms with E-state index in [-0.39, 0.29) is 5.92 Å². The van der Waals surface area contributed by atoms with E-state index < -0.39 is 0 Å². The molecule has 0 saturated carbocycles. The van der Waals surface area contributed by atoms with Crippen LogP contribution in [0.15, 0.2) is 160 Å². The summed E-state index contributed by atoms with van der Waals surface area (Å²) >= 11 is 0. The second kappa shape index (κ2) is 10.3. The van der Waals surface area contributed by atoms with Crippen molar-refractivity contribution in [1.29, 1.82) is 0 Å². The largest absolute Gasteiger partial charge is 0.456 e. The summed E-state index contributed by atoms with van der Waals surface area (Å²) in [6.07, 6.45) is 3.40. The Morgan fingerprint density at radius 3 is 2.31 bits per heavy atom. The third kappa shape index (κ3) is 3.74. The van der Waals surface area contributed by atoms with Gasteiger partial charge in [-0.1, -0.05) is 97.1 Å². The Kier molecular flexibility index (Phi) is 5.55. The van der Waals surface area contributed by atoms with Crippen molar-refractivity contribution in [2.45, 2.75) is 12.3 Å². The number of oxazole rings is 1. The molecule has 12 rings (SSSR count). The number of rotatable bonds is 3. The van der Waals surface area contributed by atoms with E-state index in [0.29, 0.717) is 5.89 Å². The summed E-state index contributed by atoms with van der Waals surface area (Å²) in [5.41, 5.74) is 11.5. The summed E-state index contributed by atoms with van der Waals surface area (Å²) < 4.78 is 15.7. The van der Waals surface area contributed by atoms with Crippen LogP contribution in [-0.2, 0) is 0 Å². The van der Waals surface area contributed by atoms with Crippen LogP contribution >= 0.6 is 0 Å². The molecule has 0 bridgehead atoms. The lowest BCUT2D eigenvalue weighted by atomic mass is 9.91. The fourth-order valence-corrected chi connectivity index (χ4v) is 8.94. The molecule has 10 aromatic rings. The van der Waals surface area contributed by atoms with E-state index in [1.54, 1.807) is 0 Å². The standard InChI is InChI=1S/C47H29N3O2/c1-2-13-29(14-3-1)49-38-19-9-6-16-32(38)34-24-25-35-33-17-7-10-20-39(33)50(46(35)45(34)49)30-22-23-36-41(27-30)51-42-26-28-12-4-5-15-31(28)44(43(36)42)47-48-37-18-8-11-21-40(37)52-47/h1-23,25-27,34H,24H2. The number of fused-ring (bicyclic) bond motifs is 11. The molecule has 244 valence electrons. The van der Waals surface area contributed by atoms with Gasteiger partial charge in [-0.2, -0.15) is 0 Å². The molecule has 4 heterocycles. The normalized spacial score (nSPS) is 15.1. The van der Waals surface area contributed by atoms with E-state index in [2.05, 4.69) is 143 Å². The third-order valence-electron chi connectivity index (χ3n) is 11.1. The number of anilines is 2. The smallest absolute Gasteiger partial charge is 0.228 e. The van der Waals surface area contributed by atoms with Gasteiger partial charge in [-0.15, -0.1) is 0 Å². The second-order valence-corrected chi connectivity index (χ2v) is 13.8. The Labute approximate surface area is 297 Å². The van der Waals surface area contributed by atoms with Crippen molar-refractivity contribution in [3.63, 3.8) is 0 Å². The molecule has 3 aromatic heterocycles. The van der Waals surface area contributed by atoms with Crippen molar-refractivity contribution in [2.24, 2.45) is 0 Å². The van der Waals surface area contributed by atoms with Crippen LogP contribution in [-0.4, -0.2) is 9.55 Å². The molecule has 2 aliphatic rings. The second-order valence-electron chi connectivity index (χ2n) is 13.8. The Hall–Kier alpha value is -6.85. The van der Waals surface area contributed by atoms with E-state index in [0.717, 1.165) is 61.5 Å². The Morgan fingerprint density at radius 1 is 0.596 bits per heavy atom. The first kappa shape index (κ1) is 27.9. The summed E-state index contributed by atoms with van der Waals surface area (Å²) in [4.78, 5) is 7.45. The first-order valence-electron chi connectivity index (χ1n) is 17.8. The van der Waals surface area contributed by atoms with Gasteiger partial charge in [-0.25, -0.2) is 4.98 Å². The van der Waals surface area contributed by atoms with Crippen molar-refractivity contribution in [3.05, 3.63) is 168 Å². The molecular formula is C47H29N3O2. The van der Waals surface area contributed by atoms with Gasteiger partial charge in [0.05, 0.1) is 22.1 Å². The van der Waals surface area contributed by atoms with Crippen LogP contribution in [0.3, 0.4) is 0 Å². The summed E-state index contributed by atoms with van der Waals surface area (Å²) in [6.45, 7) is 0. The summed E-state index contributed by atoms with van der Waals surface area (Å²) in [5.74, 6) is 0.841. The monoisotopic (exact) mass is 667 g/mol. The zero-order chi connectivity index (χ0) is 33.9. The first-order valence-corrected chi connectivity index (χ1v) is 17.8. The molecular weight excluding hydrogens is 639 g/mol. The minimum absolute atomic E-state index is 0.244. The fourth-order valence-electron chi connectivity index (χ4n) is 8.94. The molecule has 0 radical (unpaired) electrons. The number of para-hydroxylation sites is 5. The van der Waals surface area contributed by atoms with Crippen LogP contribution in [0, 0.1) is 0 Å². The predicted molar refractivity (Wildman–Crippen MR) is 211 cm³/mol. The van der Waals surface area contributed by atoms with Gasteiger partial charge in [0.2, 0.25) is 5.89 Å². The van der Waals surface area contributed by atoms with Gasteiger partial charge in [0.15, 0.2) is 5.58 Å². The molecule has 0 fully saturated rings. The number of hydrogen-bond donors (Lipinski definition) is 0. The minimum Gasteiger partial charge on any atom is -0.456 e. The van der Waals surface area contributed by atoms with Gasteiger partial charge >= 0.3 is 0 Å². The maximum Gasteiger partial charge on any atom is 0.228 e. The van der Waals surface area contributed by atoms with Crippen LogP contribution < -0.4 is 15.5 Å². The maximum atomic E-state index is 6.81. The zero-order valence-electron chi connectivity index (χ0n) is 28.0. The van der Waals surface area contributed by atoms with Crippen LogP contribution in [0.1, 0.15) is 17.9 Å². The van der Waals surface area contributed by atoms with E-state index >= 15 is 0 Å². The van der Waals surface area contributed by atoms with E-state index in [1.165, 1.54) is 44.1 Å². The highest BCUT2D eigenvalue weighted by molar-refractivity contribution is 6.20. The molecule has 1 aliphatic heterocycles. The molecule has 5 heteroatoms. The SMILES string of the molecule is C1=c2c(n(-c3ccc4c(c3)oc3cc5ccccc5c(-c5nc6ccccc6o5)c34)c3ccccc23)=C2C(C1)c1ccccc1N2c1ccccc1. The summed E-state index contributed by atoms with van der Waals surface area (Å²) in [5, 5.41) is 7.96. The van der Waals surface area contributed by atoms with Crippen LogP contribution in [0.5, 0.6) is 0 Å². The molecule has 0 saturated heterocycles. The molecule has 0 amide bonds. The van der Waals surface area contributed by atoms with Crippen molar-refractivity contribution in [1.82, 2.24) is 9.55 Å². The highest BCUT2D eigenvalue weighted by Crippen LogP contribution is 2.50. The van der Waals surface area contributed by atoms with E-state index in [4.69, 9.17) is 13.8 Å². The Balaban J connectivity index is 1.17. The highest BCUT2D eigenvalue weighted by Gasteiger charge is 2.37. The molecule has 52 heavy (non-hydrogen) atoms. The van der Waals surface area contributed by atoms with E-state index in [1.807, 2.05) is 24.3 Å². The lowest BCUT2D eigenvalue weighted by molar-refractivity contribution is 0.621. The van der Waals surface area contributed by atoms with Crippen molar-refractivity contribution >= 4 is 77.9 Å². The van der Waals surface area contributed by atoms with Gasteiger partial charge in [0, 0.05) is 50.4 Å². The summed E-state index contributed by atoms with van der Waals surface area (Å²) in [7, 11) is 0. The number of benzene rings is 7. The third-order valence-corrected chi connectivity index (χ3v) is 11.1. The lowest BCUT2D eigenvalue weighted by Crippen LogP contribution is -2.38. The number of hydrogen-bond acceptors (Lipinski definition) is 4. The number of furan rings is 1. The van der Waals surface area contributed by atoms with Gasteiger partial charge in [0.25, 0.3) is 0 Å². The average Bonchev–Trinajstić information content (AvgIpc) is 3.96. The number of aromatic nitrogens is 2. The molecule has 1 unspecified atom stereocenters. The minimum atomic E-state index is 0.244. The molecule has 7 aromatic carbocycles. The van der Waals surface area contributed by atoms with Crippen molar-refractivity contribution in [3.8, 4) is 17.1 Å². The first-order chi connectivity index (χ1) is 25.8. The quantitative estimate of drug-likeness (QED) is 0.188.